The van der Waals surface area contributed by atoms with Gasteiger partial charge >= 0.3 is 6.03 Å². The molecule has 1 saturated heterocycles. The first-order chi connectivity index (χ1) is 15.1. The summed E-state index contributed by atoms with van der Waals surface area (Å²) in [5.74, 6) is 0.255. The Morgan fingerprint density at radius 3 is 2.55 bits per heavy atom. The second kappa shape index (κ2) is 9.09. The zero-order valence-electron chi connectivity index (χ0n) is 17.6. The van der Waals surface area contributed by atoms with Crippen LogP contribution in [-0.2, 0) is 9.53 Å². The summed E-state index contributed by atoms with van der Waals surface area (Å²) in [6.45, 7) is 4.83. The lowest BCUT2D eigenvalue weighted by atomic mass is 9.94. The van der Waals surface area contributed by atoms with Crippen LogP contribution in [0, 0.1) is 0 Å². The minimum Gasteiger partial charge on any atom is -0.495 e. The van der Waals surface area contributed by atoms with Crippen LogP contribution in [0.25, 0.3) is 0 Å². The smallest absolute Gasteiger partial charge is 0.319 e. The Balaban J connectivity index is 1.60. The van der Waals surface area contributed by atoms with Crippen LogP contribution in [0.3, 0.4) is 0 Å². The maximum atomic E-state index is 13.2. The standard InChI is InChI=1S/C23H26N4O4/c1-15-20(22(28)25-18-5-3-4-6-19(18)30-2)21(26-23(29)24-15)16-7-9-17(10-8-16)27-11-13-31-14-12-27/h3-10,21H,11-14H2,1-2H3,(H,25,28)(H2,24,26,29)/t21-/m0/s1. The maximum Gasteiger partial charge on any atom is 0.319 e. The van der Waals surface area contributed by atoms with Gasteiger partial charge in [0.1, 0.15) is 5.75 Å². The fourth-order valence-electron chi connectivity index (χ4n) is 3.88. The van der Waals surface area contributed by atoms with Crippen LogP contribution in [0.2, 0.25) is 0 Å². The van der Waals surface area contributed by atoms with Gasteiger partial charge in [-0.1, -0.05) is 24.3 Å². The monoisotopic (exact) mass is 422 g/mol. The number of urea groups is 1. The van der Waals surface area contributed by atoms with Crippen LogP contribution in [0.5, 0.6) is 5.75 Å². The first-order valence-electron chi connectivity index (χ1n) is 10.2. The van der Waals surface area contributed by atoms with Crippen LogP contribution >= 0.6 is 0 Å². The van der Waals surface area contributed by atoms with Gasteiger partial charge in [0.25, 0.3) is 5.91 Å². The maximum absolute atomic E-state index is 13.2. The second-order valence-corrected chi connectivity index (χ2v) is 7.42. The molecule has 2 aromatic carbocycles. The summed E-state index contributed by atoms with van der Waals surface area (Å²) in [7, 11) is 1.55. The molecule has 0 spiro atoms. The molecule has 2 aliphatic heterocycles. The van der Waals surface area contributed by atoms with E-state index >= 15 is 0 Å². The van der Waals surface area contributed by atoms with E-state index in [0.717, 1.165) is 24.3 Å². The lowest BCUT2D eigenvalue weighted by Crippen LogP contribution is -2.46. The molecule has 8 nitrogen and oxygen atoms in total. The minimum atomic E-state index is -0.567. The number of ether oxygens (including phenoxy) is 2. The lowest BCUT2D eigenvalue weighted by molar-refractivity contribution is -0.113. The normalized spacial score (nSPS) is 18.8. The van der Waals surface area contributed by atoms with Crippen molar-refractivity contribution in [2.45, 2.75) is 13.0 Å². The zero-order chi connectivity index (χ0) is 21.8. The first-order valence-corrected chi connectivity index (χ1v) is 10.2. The second-order valence-electron chi connectivity index (χ2n) is 7.42. The minimum absolute atomic E-state index is 0.309. The first kappa shape index (κ1) is 20.7. The average Bonchev–Trinajstić information content (AvgIpc) is 2.79. The molecular weight excluding hydrogens is 396 g/mol. The number of benzene rings is 2. The zero-order valence-corrected chi connectivity index (χ0v) is 17.6. The van der Waals surface area contributed by atoms with Gasteiger partial charge in [-0.25, -0.2) is 4.79 Å². The third kappa shape index (κ3) is 4.49. The van der Waals surface area contributed by atoms with E-state index in [1.54, 1.807) is 26.2 Å². The molecule has 8 heteroatoms. The quantitative estimate of drug-likeness (QED) is 0.689. The average molecular weight is 422 g/mol. The number of allylic oxidation sites excluding steroid dienone is 1. The number of amides is 3. The highest BCUT2D eigenvalue weighted by Gasteiger charge is 2.31. The van der Waals surface area contributed by atoms with Crippen molar-refractivity contribution in [2.24, 2.45) is 0 Å². The van der Waals surface area contributed by atoms with E-state index in [-0.39, 0.29) is 11.9 Å². The van der Waals surface area contributed by atoms with Crippen molar-refractivity contribution in [1.29, 1.82) is 0 Å². The number of morpholine rings is 1. The molecule has 0 bridgehead atoms. The molecule has 0 unspecified atom stereocenters. The topological polar surface area (TPSA) is 91.9 Å². The lowest BCUT2D eigenvalue weighted by Gasteiger charge is -2.31. The van der Waals surface area contributed by atoms with E-state index < -0.39 is 6.04 Å². The Morgan fingerprint density at radius 1 is 1.13 bits per heavy atom. The van der Waals surface area contributed by atoms with Crippen molar-refractivity contribution < 1.29 is 19.1 Å². The number of nitrogens with one attached hydrogen (secondary N) is 3. The summed E-state index contributed by atoms with van der Waals surface area (Å²) in [4.78, 5) is 27.6. The number of nitrogens with zero attached hydrogens (tertiary/aromatic N) is 1. The molecule has 162 valence electrons. The molecule has 0 saturated carbocycles. The van der Waals surface area contributed by atoms with Gasteiger partial charge in [-0.15, -0.1) is 0 Å². The van der Waals surface area contributed by atoms with Crippen LogP contribution in [-0.4, -0.2) is 45.4 Å². The summed E-state index contributed by atoms with van der Waals surface area (Å²) in [6.07, 6.45) is 0. The molecule has 1 atom stereocenters. The predicted molar refractivity (Wildman–Crippen MR) is 118 cm³/mol. The third-order valence-electron chi connectivity index (χ3n) is 5.47. The van der Waals surface area contributed by atoms with E-state index in [1.807, 2.05) is 36.4 Å². The van der Waals surface area contributed by atoms with Crippen molar-refractivity contribution in [2.75, 3.05) is 43.6 Å². The van der Waals surface area contributed by atoms with Gasteiger partial charge in [-0.05, 0) is 36.8 Å². The number of anilines is 2. The Kier molecular flexibility index (Phi) is 6.08. The van der Waals surface area contributed by atoms with Gasteiger partial charge in [0.05, 0.1) is 37.6 Å². The predicted octanol–water partition coefficient (Wildman–Crippen LogP) is 2.80. The molecule has 1 fully saturated rings. The van der Waals surface area contributed by atoms with Gasteiger partial charge < -0.3 is 30.3 Å². The molecule has 0 aliphatic carbocycles. The van der Waals surface area contributed by atoms with Crippen LogP contribution in [0.15, 0.2) is 59.8 Å². The molecule has 2 heterocycles. The summed E-state index contributed by atoms with van der Waals surface area (Å²) in [6, 6.07) is 14.2. The van der Waals surface area contributed by atoms with Gasteiger partial charge in [0.15, 0.2) is 0 Å². The van der Waals surface area contributed by atoms with Gasteiger partial charge in [-0.2, -0.15) is 0 Å². The highest BCUT2D eigenvalue weighted by Crippen LogP contribution is 2.31. The van der Waals surface area contributed by atoms with E-state index in [0.29, 0.717) is 35.9 Å². The van der Waals surface area contributed by atoms with Crippen molar-refractivity contribution in [3.8, 4) is 5.75 Å². The Bertz CT molecular complexity index is 997. The molecule has 0 aromatic heterocycles. The summed E-state index contributed by atoms with van der Waals surface area (Å²) >= 11 is 0. The van der Waals surface area contributed by atoms with Gasteiger partial charge in [0, 0.05) is 24.5 Å². The number of para-hydroxylation sites is 2. The molecule has 4 rings (SSSR count). The number of hydrogen-bond donors (Lipinski definition) is 3. The number of carbonyl (C=O) groups excluding carboxylic acids is 2. The molecule has 3 amide bonds. The van der Waals surface area contributed by atoms with Gasteiger partial charge in [-0.3, -0.25) is 4.79 Å². The van der Waals surface area contributed by atoms with E-state index in [1.165, 1.54) is 0 Å². The number of methoxy groups -OCH3 is 1. The Morgan fingerprint density at radius 2 is 1.84 bits per heavy atom. The molecular formula is C23H26N4O4. The van der Waals surface area contributed by atoms with Crippen molar-refractivity contribution in [1.82, 2.24) is 10.6 Å². The van der Waals surface area contributed by atoms with Gasteiger partial charge in [0.2, 0.25) is 0 Å². The fourth-order valence-corrected chi connectivity index (χ4v) is 3.88. The van der Waals surface area contributed by atoms with Crippen LogP contribution < -0.4 is 25.6 Å². The molecule has 2 aromatic rings. The highest BCUT2D eigenvalue weighted by molar-refractivity contribution is 6.07. The van der Waals surface area contributed by atoms with Crippen LogP contribution in [0.1, 0.15) is 18.5 Å². The fraction of sp³-hybridized carbons (Fsp3) is 0.304. The van der Waals surface area contributed by atoms with Crippen LogP contribution in [0.4, 0.5) is 16.2 Å². The SMILES string of the molecule is COc1ccccc1NC(=O)C1=C(C)NC(=O)N[C@H]1c1ccc(N2CCOCC2)cc1. The molecule has 0 radical (unpaired) electrons. The Hall–Kier alpha value is -3.52. The third-order valence-corrected chi connectivity index (χ3v) is 5.47. The summed E-state index contributed by atoms with van der Waals surface area (Å²) < 4.78 is 10.7. The van der Waals surface area contributed by atoms with E-state index in [4.69, 9.17) is 9.47 Å². The van der Waals surface area contributed by atoms with Crippen molar-refractivity contribution in [3.05, 3.63) is 65.4 Å². The largest absolute Gasteiger partial charge is 0.495 e. The Labute approximate surface area is 181 Å². The number of carbonyl (C=O) groups is 2. The van der Waals surface area contributed by atoms with E-state index in [9.17, 15) is 9.59 Å². The molecule has 31 heavy (non-hydrogen) atoms. The molecule has 2 aliphatic rings. The molecule has 3 N–H and O–H groups in total. The van der Waals surface area contributed by atoms with E-state index in [2.05, 4.69) is 20.9 Å². The highest BCUT2D eigenvalue weighted by atomic mass is 16.5. The number of rotatable bonds is 5. The number of hydrogen-bond acceptors (Lipinski definition) is 5. The summed E-state index contributed by atoms with van der Waals surface area (Å²) in [5, 5.41) is 8.48. The van der Waals surface area contributed by atoms with Crippen molar-refractivity contribution >= 4 is 23.3 Å². The van der Waals surface area contributed by atoms with Crippen molar-refractivity contribution in [3.63, 3.8) is 0 Å². The summed E-state index contributed by atoms with van der Waals surface area (Å²) in [5.41, 5.74) is 3.45.